The molecule has 1 saturated carbocycles. The Balaban J connectivity index is 1.90. The third-order valence-electron chi connectivity index (χ3n) is 2.72. The van der Waals surface area contributed by atoms with Gasteiger partial charge in [-0.15, -0.1) is 0 Å². The summed E-state index contributed by atoms with van der Waals surface area (Å²) < 4.78 is 5.33. The molecular weight excluding hydrogens is 190 g/mol. The largest absolute Gasteiger partial charge is 0.444 e. The zero-order valence-electron chi connectivity index (χ0n) is 9.80. The molecule has 0 spiro atoms. The van der Waals surface area contributed by atoms with Gasteiger partial charge in [0.2, 0.25) is 0 Å². The van der Waals surface area contributed by atoms with E-state index in [2.05, 4.69) is 0 Å². The van der Waals surface area contributed by atoms with Crippen LogP contribution in [0.4, 0.5) is 4.79 Å². The highest BCUT2D eigenvalue weighted by Gasteiger charge is 2.29. The van der Waals surface area contributed by atoms with E-state index in [-0.39, 0.29) is 11.7 Å². The van der Waals surface area contributed by atoms with E-state index >= 15 is 0 Å². The van der Waals surface area contributed by atoms with E-state index in [9.17, 15) is 4.79 Å². The first-order chi connectivity index (χ1) is 6.96. The van der Waals surface area contributed by atoms with Crippen molar-refractivity contribution in [3.63, 3.8) is 0 Å². The molecular formula is C12H19NO2. The summed E-state index contributed by atoms with van der Waals surface area (Å²) in [7, 11) is 0. The first-order valence-corrected chi connectivity index (χ1v) is 5.63. The lowest BCUT2D eigenvalue weighted by atomic mass is 10.2. The lowest BCUT2D eigenvalue weighted by Crippen LogP contribution is -2.34. The molecule has 84 valence electrons. The van der Waals surface area contributed by atoms with E-state index < -0.39 is 0 Å². The quantitative estimate of drug-likeness (QED) is 0.574. The minimum absolute atomic E-state index is 0.168. The van der Waals surface area contributed by atoms with Crippen molar-refractivity contribution in [2.45, 2.75) is 45.6 Å². The molecule has 1 aliphatic heterocycles. The first-order valence-electron chi connectivity index (χ1n) is 5.63. The average molecular weight is 209 g/mol. The number of rotatable bonds is 0. The lowest BCUT2D eigenvalue weighted by Gasteiger charge is -2.23. The fraction of sp³-hybridized carbons (Fsp3) is 0.750. The molecule has 15 heavy (non-hydrogen) atoms. The highest BCUT2D eigenvalue weighted by atomic mass is 16.6. The van der Waals surface area contributed by atoms with E-state index in [1.165, 1.54) is 18.4 Å². The molecule has 0 N–H and O–H groups in total. The fourth-order valence-electron chi connectivity index (χ4n) is 1.85. The van der Waals surface area contributed by atoms with Crippen molar-refractivity contribution in [3.8, 4) is 0 Å². The normalized spacial score (nSPS) is 20.9. The average Bonchev–Trinajstić information content (AvgIpc) is 2.81. The molecule has 1 aliphatic carbocycles. The van der Waals surface area contributed by atoms with Crippen LogP contribution in [0.2, 0.25) is 0 Å². The molecule has 0 atom stereocenters. The van der Waals surface area contributed by atoms with Gasteiger partial charge in [-0.1, -0.05) is 5.57 Å². The molecule has 1 saturated heterocycles. The van der Waals surface area contributed by atoms with Gasteiger partial charge in [-0.3, -0.25) is 0 Å². The molecule has 2 aliphatic rings. The van der Waals surface area contributed by atoms with Crippen LogP contribution in [0.5, 0.6) is 0 Å². The summed E-state index contributed by atoms with van der Waals surface area (Å²) in [5.74, 6) is 0. The van der Waals surface area contributed by atoms with Crippen LogP contribution < -0.4 is 0 Å². The molecule has 0 radical (unpaired) electrons. The van der Waals surface area contributed by atoms with E-state index in [1.54, 1.807) is 5.57 Å². The van der Waals surface area contributed by atoms with Gasteiger partial charge in [0.05, 0.1) is 0 Å². The molecule has 0 aromatic heterocycles. The second kappa shape index (κ2) is 3.54. The fourth-order valence-corrected chi connectivity index (χ4v) is 1.85. The molecule has 1 heterocycles. The highest BCUT2D eigenvalue weighted by molar-refractivity contribution is 5.69. The summed E-state index contributed by atoms with van der Waals surface area (Å²) in [4.78, 5) is 13.5. The monoisotopic (exact) mass is 209 g/mol. The van der Waals surface area contributed by atoms with Gasteiger partial charge >= 0.3 is 6.09 Å². The predicted octanol–water partition coefficient (Wildman–Crippen LogP) is 2.72. The molecule has 3 nitrogen and oxygen atoms in total. The minimum Gasteiger partial charge on any atom is -0.444 e. The van der Waals surface area contributed by atoms with Crippen molar-refractivity contribution in [2.24, 2.45) is 0 Å². The van der Waals surface area contributed by atoms with Crippen molar-refractivity contribution >= 4 is 6.09 Å². The zero-order valence-corrected chi connectivity index (χ0v) is 9.80. The van der Waals surface area contributed by atoms with Gasteiger partial charge in [-0.05, 0) is 45.6 Å². The van der Waals surface area contributed by atoms with Crippen molar-refractivity contribution in [3.05, 3.63) is 11.1 Å². The molecule has 2 rings (SSSR count). The SMILES string of the molecule is CC(C)(C)OC(=O)N1CCC(=C2CC2)C1. The van der Waals surface area contributed by atoms with Gasteiger partial charge in [0, 0.05) is 13.1 Å². The van der Waals surface area contributed by atoms with Crippen LogP contribution in [0.15, 0.2) is 11.1 Å². The maximum Gasteiger partial charge on any atom is 0.410 e. The smallest absolute Gasteiger partial charge is 0.410 e. The van der Waals surface area contributed by atoms with Gasteiger partial charge < -0.3 is 9.64 Å². The van der Waals surface area contributed by atoms with Gasteiger partial charge in [0.1, 0.15) is 5.60 Å². The molecule has 3 heteroatoms. The summed E-state index contributed by atoms with van der Waals surface area (Å²) in [6.07, 6.45) is 3.38. The highest BCUT2D eigenvalue weighted by Crippen LogP contribution is 2.35. The number of carbonyl (C=O) groups excluding carboxylic acids is 1. The number of amides is 1. The molecule has 0 aromatic rings. The Morgan fingerprint density at radius 3 is 2.40 bits per heavy atom. The number of carbonyl (C=O) groups is 1. The minimum atomic E-state index is -0.382. The number of likely N-dealkylation sites (tertiary alicyclic amines) is 1. The number of hydrogen-bond acceptors (Lipinski definition) is 2. The molecule has 0 bridgehead atoms. The van der Waals surface area contributed by atoms with Crippen LogP contribution >= 0.6 is 0 Å². The first kappa shape index (κ1) is 10.5. The number of allylic oxidation sites excluding steroid dienone is 1. The Morgan fingerprint density at radius 1 is 1.20 bits per heavy atom. The van der Waals surface area contributed by atoms with E-state index in [4.69, 9.17) is 4.74 Å². The second-order valence-corrected chi connectivity index (χ2v) is 5.36. The summed E-state index contributed by atoms with van der Waals surface area (Å²) in [6, 6.07) is 0. The van der Waals surface area contributed by atoms with Gasteiger partial charge in [0.15, 0.2) is 0 Å². The van der Waals surface area contributed by atoms with Crippen molar-refractivity contribution in [1.29, 1.82) is 0 Å². The molecule has 0 aromatic carbocycles. The predicted molar refractivity (Wildman–Crippen MR) is 58.7 cm³/mol. The molecule has 2 fully saturated rings. The Kier molecular flexibility index (Phi) is 2.49. The van der Waals surface area contributed by atoms with E-state index in [0.29, 0.717) is 0 Å². The van der Waals surface area contributed by atoms with Crippen LogP contribution in [0.3, 0.4) is 0 Å². The van der Waals surface area contributed by atoms with Crippen LogP contribution in [0.25, 0.3) is 0 Å². The molecule has 0 unspecified atom stereocenters. The lowest BCUT2D eigenvalue weighted by molar-refractivity contribution is 0.0299. The van der Waals surface area contributed by atoms with Crippen molar-refractivity contribution in [2.75, 3.05) is 13.1 Å². The number of nitrogens with zero attached hydrogens (tertiary/aromatic N) is 1. The Hall–Kier alpha value is -0.990. The Morgan fingerprint density at radius 2 is 1.87 bits per heavy atom. The Labute approximate surface area is 91.1 Å². The van der Waals surface area contributed by atoms with Gasteiger partial charge in [-0.2, -0.15) is 0 Å². The Bertz CT molecular complexity index is 306. The van der Waals surface area contributed by atoms with Gasteiger partial charge in [-0.25, -0.2) is 4.79 Å². The van der Waals surface area contributed by atoms with E-state index in [1.807, 2.05) is 25.7 Å². The maximum absolute atomic E-state index is 11.7. The number of ether oxygens (including phenoxy) is 1. The summed E-state index contributed by atoms with van der Waals surface area (Å²) in [5, 5.41) is 0. The third-order valence-corrected chi connectivity index (χ3v) is 2.72. The molecule has 1 amide bonds. The van der Waals surface area contributed by atoms with Crippen molar-refractivity contribution < 1.29 is 9.53 Å². The van der Waals surface area contributed by atoms with E-state index in [0.717, 1.165) is 19.5 Å². The van der Waals surface area contributed by atoms with Crippen molar-refractivity contribution in [1.82, 2.24) is 4.90 Å². The zero-order chi connectivity index (χ0) is 11.1. The third kappa shape index (κ3) is 2.74. The maximum atomic E-state index is 11.7. The van der Waals surface area contributed by atoms with Crippen LogP contribution in [0, 0.1) is 0 Å². The summed E-state index contributed by atoms with van der Waals surface area (Å²) in [6.45, 7) is 7.34. The second-order valence-electron chi connectivity index (χ2n) is 5.36. The summed E-state index contributed by atoms with van der Waals surface area (Å²) >= 11 is 0. The van der Waals surface area contributed by atoms with Crippen LogP contribution in [0.1, 0.15) is 40.0 Å². The van der Waals surface area contributed by atoms with Crippen LogP contribution in [-0.2, 0) is 4.74 Å². The standard InChI is InChI=1S/C12H19NO2/c1-12(2,3)15-11(14)13-7-6-10(8-13)9-4-5-9/h4-8H2,1-3H3. The van der Waals surface area contributed by atoms with Crippen LogP contribution in [-0.4, -0.2) is 29.7 Å². The number of hydrogen-bond donors (Lipinski definition) is 0. The topological polar surface area (TPSA) is 29.5 Å². The van der Waals surface area contributed by atoms with Gasteiger partial charge in [0.25, 0.3) is 0 Å². The summed E-state index contributed by atoms with van der Waals surface area (Å²) in [5.41, 5.74) is 2.66.